The second-order valence-corrected chi connectivity index (χ2v) is 5.25. The van der Waals surface area contributed by atoms with Gasteiger partial charge in [0.15, 0.2) is 5.82 Å². The van der Waals surface area contributed by atoms with Gasteiger partial charge in [0, 0.05) is 24.8 Å². The van der Waals surface area contributed by atoms with E-state index in [1.54, 1.807) is 24.8 Å². The van der Waals surface area contributed by atoms with Gasteiger partial charge in [-0.2, -0.15) is 0 Å². The van der Waals surface area contributed by atoms with Gasteiger partial charge < -0.3 is 9.67 Å². The second-order valence-electron chi connectivity index (χ2n) is 5.25. The minimum Gasteiger partial charge on any atom is -0.388 e. The Kier molecular flexibility index (Phi) is 3.29. The SMILES string of the molecule is OC1(Cn2ccnc2-c2cnccn2)CCCCC1. The average molecular weight is 258 g/mol. The fourth-order valence-electron chi connectivity index (χ4n) is 2.77. The Morgan fingerprint density at radius 3 is 2.68 bits per heavy atom. The maximum absolute atomic E-state index is 10.6. The molecule has 1 aliphatic carbocycles. The van der Waals surface area contributed by atoms with Crippen LogP contribution < -0.4 is 0 Å². The molecule has 0 spiro atoms. The first-order chi connectivity index (χ1) is 9.27. The molecular weight excluding hydrogens is 240 g/mol. The highest BCUT2D eigenvalue weighted by Crippen LogP contribution is 2.30. The second kappa shape index (κ2) is 5.09. The first-order valence-corrected chi connectivity index (χ1v) is 6.77. The van der Waals surface area contributed by atoms with E-state index in [-0.39, 0.29) is 0 Å². The van der Waals surface area contributed by atoms with Crippen LogP contribution in [0, 0.1) is 0 Å². The van der Waals surface area contributed by atoms with Gasteiger partial charge in [-0.1, -0.05) is 19.3 Å². The molecule has 2 aromatic heterocycles. The monoisotopic (exact) mass is 258 g/mol. The van der Waals surface area contributed by atoms with Crippen molar-refractivity contribution >= 4 is 0 Å². The van der Waals surface area contributed by atoms with Crippen LogP contribution in [0.2, 0.25) is 0 Å². The minimum atomic E-state index is -0.601. The van der Waals surface area contributed by atoms with Crippen molar-refractivity contribution < 1.29 is 5.11 Å². The Bertz CT molecular complexity index is 531. The molecule has 5 nitrogen and oxygen atoms in total. The Hall–Kier alpha value is -1.75. The van der Waals surface area contributed by atoms with Gasteiger partial charge in [0.1, 0.15) is 5.69 Å². The molecule has 0 atom stereocenters. The van der Waals surface area contributed by atoms with Crippen LogP contribution in [-0.4, -0.2) is 30.2 Å². The summed E-state index contributed by atoms with van der Waals surface area (Å²) >= 11 is 0. The summed E-state index contributed by atoms with van der Waals surface area (Å²) in [6, 6.07) is 0. The van der Waals surface area contributed by atoms with Crippen LogP contribution >= 0.6 is 0 Å². The largest absolute Gasteiger partial charge is 0.388 e. The highest BCUT2D eigenvalue weighted by atomic mass is 16.3. The van der Waals surface area contributed by atoms with E-state index in [9.17, 15) is 5.11 Å². The zero-order valence-corrected chi connectivity index (χ0v) is 10.9. The lowest BCUT2D eigenvalue weighted by Crippen LogP contribution is -2.36. The van der Waals surface area contributed by atoms with Crippen LogP contribution in [0.25, 0.3) is 11.5 Å². The lowest BCUT2D eigenvalue weighted by Gasteiger charge is -2.32. The Balaban J connectivity index is 1.84. The lowest BCUT2D eigenvalue weighted by molar-refractivity contribution is -0.0111. The molecule has 5 heteroatoms. The van der Waals surface area contributed by atoms with Gasteiger partial charge in [0.2, 0.25) is 0 Å². The topological polar surface area (TPSA) is 63.8 Å². The van der Waals surface area contributed by atoms with Crippen molar-refractivity contribution in [1.82, 2.24) is 19.5 Å². The molecule has 100 valence electrons. The highest BCUT2D eigenvalue weighted by molar-refractivity contribution is 5.47. The van der Waals surface area contributed by atoms with Crippen LogP contribution in [-0.2, 0) is 6.54 Å². The van der Waals surface area contributed by atoms with Gasteiger partial charge in [-0.15, -0.1) is 0 Å². The zero-order chi connectivity index (χ0) is 13.1. The molecule has 1 aliphatic rings. The molecule has 0 bridgehead atoms. The fourth-order valence-corrected chi connectivity index (χ4v) is 2.77. The lowest BCUT2D eigenvalue weighted by atomic mass is 9.85. The third-order valence-electron chi connectivity index (χ3n) is 3.76. The summed E-state index contributed by atoms with van der Waals surface area (Å²) < 4.78 is 1.98. The molecule has 3 rings (SSSR count). The van der Waals surface area contributed by atoms with Crippen LogP contribution in [0.3, 0.4) is 0 Å². The van der Waals surface area contributed by atoms with Gasteiger partial charge in [-0.05, 0) is 12.8 Å². The van der Waals surface area contributed by atoms with E-state index in [1.807, 2.05) is 10.8 Å². The predicted molar refractivity (Wildman–Crippen MR) is 71.3 cm³/mol. The summed E-state index contributed by atoms with van der Waals surface area (Å²) in [6.07, 6.45) is 13.8. The first kappa shape index (κ1) is 12.3. The summed E-state index contributed by atoms with van der Waals surface area (Å²) in [4.78, 5) is 12.7. The van der Waals surface area contributed by atoms with Crippen molar-refractivity contribution in [3.63, 3.8) is 0 Å². The molecule has 2 aromatic rings. The number of aliphatic hydroxyl groups is 1. The van der Waals surface area contributed by atoms with Crippen molar-refractivity contribution in [3.05, 3.63) is 31.0 Å². The molecule has 1 fully saturated rings. The highest BCUT2D eigenvalue weighted by Gasteiger charge is 2.30. The van der Waals surface area contributed by atoms with Crippen molar-refractivity contribution in [2.24, 2.45) is 0 Å². The molecule has 1 saturated carbocycles. The van der Waals surface area contributed by atoms with E-state index >= 15 is 0 Å². The number of rotatable bonds is 3. The number of hydrogen-bond acceptors (Lipinski definition) is 4. The van der Waals surface area contributed by atoms with Crippen molar-refractivity contribution in [1.29, 1.82) is 0 Å². The number of imidazole rings is 1. The van der Waals surface area contributed by atoms with E-state index < -0.39 is 5.60 Å². The Labute approximate surface area is 112 Å². The normalized spacial score (nSPS) is 18.4. The summed E-state index contributed by atoms with van der Waals surface area (Å²) in [6.45, 7) is 0.582. The molecule has 0 amide bonds. The molecule has 1 N–H and O–H groups in total. The van der Waals surface area contributed by atoms with Crippen LogP contribution in [0.5, 0.6) is 0 Å². The van der Waals surface area contributed by atoms with E-state index in [4.69, 9.17) is 0 Å². The molecule has 0 radical (unpaired) electrons. The van der Waals surface area contributed by atoms with Gasteiger partial charge in [0.05, 0.1) is 18.3 Å². The summed E-state index contributed by atoms with van der Waals surface area (Å²) in [5.74, 6) is 0.770. The molecule has 0 aliphatic heterocycles. The number of aromatic nitrogens is 4. The molecule has 0 aromatic carbocycles. The summed E-state index contributed by atoms with van der Waals surface area (Å²) in [5, 5.41) is 10.6. The smallest absolute Gasteiger partial charge is 0.160 e. The van der Waals surface area contributed by atoms with Gasteiger partial charge in [0.25, 0.3) is 0 Å². The van der Waals surface area contributed by atoms with E-state index in [0.29, 0.717) is 6.54 Å². The molecular formula is C14H18N4O. The maximum Gasteiger partial charge on any atom is 0.160 e. The molecule has 2 heterocycles. The fraction of sp³-hybridized carbons (Fsp3) is 0.500. The quantitative estimate of drug-likeness (QED) is 0.915. The molecule has 0 unspecified atom stereocenters. The Morgan fingerprint density at radius 2 is 1.95 bits per heavy atom. The first-order valence-electron chi connectivity index (χ1n) is 6.77. The number of hydrogen-bond donors (Lipinski definition) is 1. The van der Waals surface area contributed by atoms with E-state index in [2.05, 4.69) is 15.0 Å². The van der Waals surface area contributed by atoms with Crippen molar-refractivity contribution in [2.75, 3.05) is 0 Å². The van der Waals surface area contributed by atoms with Crippen molar-refractivity contribution in [2.45, 2.75) is 44.2 Å². The maximum atomic E-state index is 10.6. The minimum absolute atomic E-state index is 0.582. The van der Waals surface area contributed by atoms with Gasteiger partial charge in [-0.25, -0.2) is 9.97 Å². The van der Waals surface area contributed by atoms with E-state index in [1.165, 1.54) is 6.42 Å². The van der Waals surface area contributed by atoms with Gasteiger partial charge in [-0.3, -0.25) is 4.98 Å². The standard InChI is InChI=1S/C14H18N4O/c19-14(4-2-1-3-5-14)11-18-9-8-17-13(18)12-10-15-6-7-16-12/h6-10,19H,1-5,11H2. The third-order valence-corrected chi connectivity index (χ3v) is 3.76. The predicted octanol–water partition coefficient (Wildman–Crippen LogP) is 2.04. The Morgan fingerprint density at radius 1 is 1.11 bits per heavy atom. The van der Waals surface area contributed by atoms with E-state index in [0.717, 1.165) is 37.2 Å². The van der Waals surface area contributed by atoms with Crippen molar-refractivity contribution in [3.8, 4) is 11.5 Å². The molecule has 0 saturated heterocycles. The summed E-state index contributed by atoms with van der Waals surface area (Å²) in [5.41, 5.74) is 0.141. The van der Waals surface area contributed by atoms with Crippen LogP contribution in [0.1, 0.15) is 32.1 Å². The third kappa shape index (κ3) is 2.66. The average Bonchev–Trinajstić information content (AvgIpc) is 2.88. The zero-order valence-electron chi connectivity index (χ0n) is 10.9. The van der Waals surface area contributed by atoms with Gasteiger partial charge >= 0.3 is 0 Å². The number of nitrogens with zero attached hydrogens (tertiary/aromatic N) is 4. The van der Waals surface area contributed by atoms with Crippen LogP contribution in [0.15, 0.2) is 31.0 Å². The van der Waals surface area contributed by atoms with Crippen LogP contribution in [0.4, 0.5) is 0 Å². The molecule has 19 heavy (non-hydrogen) atoms. The summed E-state index contributed by atoms with van der Waals surface area (Å²) in [7, 11) is 0.